The van der Waals surface area contributed by atoms with Crippen molar-refractivity contribution in [2.75, 3.05) is 18.9 Å². The first-order valence-corrected chi connectivity index (χ1v) is 7.01. The first-order chi connectivity index (χ1) is 9.38. The average molecular weight is 304 g/mol. The summed E-state index contributed by atoms with van der Waals surface area (Å²) < 4.78 is 24.3. The van der Waals surface area contributed by atoms with Gasteiger partial charge in [0.15, 0.2) is 0 Å². The summed E-state index contributed by atoms with van der Waals surface area (Å²) >= 11 is 0.459. The summed E-state index contributed by atoms with van der Waals surface area (Å²) in [7, 11) is 1.62. The Bertz CT molecular complexity index is 427. The number of anilines is 1. The van der Waals surface area contributed by atoms with Gasteiger partial charge in [-0.2, -0.15) is 8.78 Å². The predicted octanol–water partition coefficient (Wildman–Crippen LogP) is 3.24. The zero-order valence-electron chi connectivity index (χ0n) is 11.3. The van der Waals surface area contributed by atoms with E-state index in [4.69, 9.17) is 5.11 Å². The number of alkyl halides is 2. The summed E-state index contributed by atoms with van der Waals surface area (Å²) in [5.41, 5.74) is 0.539. The van der Waals surface area contributed by atoms with E-state index >= 15 is 0 Å². The van der Waals surface area contributed by atoms with Gasteiger partial charge < -0.3 is 15.3 Å². The molecule has 0 saturated carbocycles. The standard InChI is InChI=1S/C13H18F2N2O2S/c1-9(18)7-8-17(2)13(19)16-10-3-5-11(6-4-10)20-12(14)15/h3-6,9,12,18H,7-8H2,1-2H3,(H,16,19). The molecular formula is C13H18F2N2O2S. The summed E-state index contributed by atoms with van der Waals surface area (Å²) in [6, 6.07) is 5.90. The van der Waals surface area contributed by atoms with E-state index in [1.54, 1.807) is 26.1 Å². The molecule has 0 aliphatic heterocycles. The first kappa shape index (κ1) is 16.7. The molecule has 1 aromatic carbocycles. The molecule has 7 heteroatoms. The fourth-order valence-corrected chi connectivity index (χ4v) is 1.92. The number of benzene rings is 1. The Morgan fingerprint density at radius 1 is 1.40 bits per heavy atom. The van der Waals surface area contributed by atoms with Gasteiger partial charge in [-0.05, 0) is 37.6 Å². The number of carbonyl (C=O) groups excluding carboxylic acids is 1. The van der Waals surface area contributed by atoms with Crippen LogP contribution in [0.1, 0.15) is 13.3 Å². The highest BCUT2D eigenvalue weighted by atomic mass is 32.2. The Labute approximate surface area is 121 Å². The lowest BCUT2D eigenvalue weighted by Crippen LogP contribution is -2.33. The van der Waals surface area contributed by atoms with Gasteiger partial charge in [0, 0.05) is 24.2 Å². The van der Waals surface area contributed by atoms with E-state index < -0.39 is 11.9 Å². The van der Waals surface area contributed by atoms with Crippen LogP contribution in [0.4, 0.5) is 19.3 Å². The maximum atomic E-state index is 12.2. The summed E-state index contributed by atoms with van der Waals surface area (Å²) in [4.78, 5) is 13.7. The van der Waals surface area contributed by atoms with Gasteiger partial charge in [0.2, 0.25) is 0 Å². The van der Waals surface area contributed by atoms with E-state index in [0.29, 0.717) is 35.3 Å². The fraction of sp³-hybridized carbons (Fsp3) is 0.462. The number of aliphatic hydroxyl groups excluding tert-OH is 1. The van der Waals surface area contributed by atoms with Crippen LogP contribution < -0.4 is 5.32 Å². The Morgan fingerprint density at radius 2 is 2.00 bits per heavy atom. The second kappa shape index (κ2) is 8.06. The van der Waals surface area contributed by atoms with E-state index in [9.17, 15) is 13.6 Å². The van der Waals surface area contributed by atoms with Crippen LogP contribution in [0.2, 0.25) is 0 Å². The molecule has 0 saturated heterocycles. The van der Waals surface area contributed by atoms with Gasteiger partial charge in [-0.25, -0.2) is 4.79 Å². The molecule has 1 rings (SSSR count). The van der Waals surface area contributed by atoms with E-state index in [0.717, 1.165) is 0 Å². The summed E-state index contributed by atoms with van der Waals surface area (Å²) in [6.45, 7) is 2.09. The SMILES string of the molecule is CC(O)CCN(C)C(=O)Nc1ccc(SC(F)F)cc1. The summed E-state index contributed by atoms with van der Waals surface area (Å²) in [6.07, 6.45) is 0.0318. The highest BCUT2D eigenvalue weighted by molar-refractivity contribution is 7.99. The van der Waals surface area contributed by atoms with Crippen molar-refractivity contribution in [1.82, 2.24) is 4.90 Å². The number of aliphatic hydroxyl groups is 1. The summed E-state index contributed by atoms with van der Waals surface area (Å²) in [5.74, 6) is -2.46. The van der Waals surface area contributed by atoms with Crippen LogP contribution >= 0.6 is 11.8 Å². The van der Waals surface area contributed by atoms with E-state index in [2.05, 4.69) is 5.32 Å². The van der Waals surface area contributed by atoms with Crippen molar-refractivity contribution in [2.45, 2.75) is 30.1 Å². The number of hydrogen-bond donors (Lipinski definition) is 2. The molecule has 1 atom stereocenters. The minimum Gasteiger partial charge on any atom is -0.393 e. The molecule has 0 heterocycles. The zero-order valence-corrected chi connectivity index (χ0v) is 12.2. The third-order valence-electron chi connectivity index (χ3n) is 2.56. The van der Waals surface area contributed by atoms with E-state index in [1.807, 2.05) is 0 Å². The molecule has 0 radical (unpaired) electrons. The van der Waals surface area contributed by atoms with Gasteiger partial charge in [0.25, 0.3) is 5.76 Å². The van der Waals surface area contributed by atoms with Gasteiger partial charge in [-0.15, -0.1) is 0 Å². The quantitative estimate of drug-likeness (QED) is 0.793. The highest BCUT2D eigenvalue weighted by Crippen LogP contribution is 2.26. The molecule has 20 heavy (non-hydrogen) atoms. The molecule has 112 valence electrons. The minimum absolute atomic E-state index is 0.306. The largest absolute Gasteiger partial charge is 0.393 e. The molecule has 0 fully saturated rings. The normalized spacial score (nSPS) is 12.3. The number of rotatable bonds is 6. The van der Waals surface area contributed by atoms with Crippen molar-refractivity contribution in [3.8, 4) is 0 Å². The van der Waals surface area contributed by atoms with Crippen molar-refractivity contribution < 1.29 is 18.7 Å². The number of urea groups is 1. The van der Waals surface area contributed by atoms with Crippen LogP contribution in [0.5, 0.6) is 0 Å². The molecule has 2 N–H and O–H groups in total. The van der Waals surface area contributed by atoms with Gasteiger partial charge >= 0.3 is 6.03 Å². The van der Waals surface area contributed by atoms with Gasteiger partial charge in [0.05, 0.1) is 6.10 Å². The highest BCUT2D eigenvalue weighted by Gasteiger charge is 2.10. The Balaban J connectivity index is 2.49. The van der Waals surface area contributed by atoms with Crippen LogP contribution in [-0.2, 0) is 0 Å². The smallest absolute Gasteiger partial charge is 0.321 e. The molecule has 2 amide bonds. The number of nitrogens with zero attached hydrogens (tertiary/aromatic N) is 1. The summed E-state index contributed by atoms with van der Waals surface area (Å²) in [5, 5.41) is 11.8. The van der Waals surface area contributed by atoms with E-state index in [-0.39, 0.29) is 6.03 Å². The monoisotopic (exact) mass is 304 g/mol. The molecule has 0 aromatic heterocycles. The first-order valence-electron chi connectivity index (χ1n) is 6.13. The van der Waals surface area contributed by atoms with Crippen molar-refractivity contribution >= 4 is 23.5 Å². The molecule has 0 aliphatic rings. The lowest BCUT2D eigenvalue weighted by Gasteiger charge is -2.18. The third kappa shape index (κ3) is 6.21. The van der Waals surface area contributed by atoms with Crippen molar-refractivity contribution in [3.05, 3.63) is 24.3 Å². The fourth-order valence-electron chi connectivity index (χ4n) is 1.42. The number of carbonyl (C=O) groups is 1. The number of amides is 2. The zero-order chi connectivity index (χ0) is 15.1. The molecule has 1 unspecified atom stereocenters. The van der Waals surface area contributed by atoms with Crippen molar-refractivity contribution in [1.29, 1.82) is 0 Å². The number of halogens is 2. The average Bonchev–Trinajstić information content (AvgIpc) is 2.37. The topological polar surface area (TPSA) is 52.6 Å². The molecule has 0 bridgehead atoms. The maximum absolute atomic E-state index is 12.2. The van der Waals surface area contributed by atoms with Gasteiger partial charge in [0.1, 0.15) is 0 Å². The van der Waals surface area contributed by atoms with Crippen LogP contribution in [0.15, 0.2) is 29.2 Å². The predicted molar refractivity (Wildman–Crippen MR) is 76.2 cm³/mol. The van der Waals surface area contributed by atoms with Crippen LogP contribution in [-0.4, -0.2) is 41.5 Å². The number of hydrogen-bond acceptors (Lipinski definition) is 3. The third-order valence-corrected chi connectivity index (χ3v) is 3.28. The Morgan fingerprint density at radius 3 is 2.50 bits per heavy atom. The lowest BCUT2D eigenvalue weighted by molar-refractivity contribution is 0.167. The molecule has 1 aromatic rings. The van der Waals surface area contributed by atoms with Crippen molar-refractivity contribution in [2.24, 2.45) is 0 Å². The molecule has 0 aliphatic carbocycles. The number of nitrogens with one attached hydrogen (secondary N) is 1. The minimum atomic E-state index is -2.46. The number of thioether (sulfide) groups is 1. The molecule has 4 nitrogen and oxygen atoms in total. The van der Waals surface area contributed by atoms with E-state index in [1.165, 1.54) is 17.0 Å². The van der Waals surface area contributed by atoms with Gasteiger partial charge in [-0.1, -0.05) is 11.8 Å². The van der Waals surface area contributed by atoms with Crippen LogP contribution in [0.25, 0.3) is 0 Å². The molecular weight excluding hydrogens is 286 g/mol. The van der Waals surface area contributed by atoms with Crippen LogP contribution in [0.3, 0.4) is 0 Å². The second-order valence-electron chi connectivity index (χ2n) is 4.39. The molecule has 0 spiro atoms. The Kier molecular flexibility index (Phi) is 6.74. The van der Waals surface area contributed by atoms with Crippen LogP contribution in [0, 0.1) is 0 Å². The second-order valence-corrected chi connectivity index (χ2v) is 5.46. The lowest BCUT2D eigenvalue weighted by atomic mass is 10.3. The maximum Gasteiger partial charge on any atom is 0.321 e. The Hall–Kier alpha value is -1.34. The van der Waals surface area contributed by atoms with Crippen molar-refractivity contribution in [3.63, 3.8) is 0 Å². The van der Waals surface area contributed by atoms with Gasteiger partial charge in [-0.3, -0.25) is 0 Å².